The average Bonchev–Trinajstić information content (AvgIpc) is 2.82. The number of nitrogens with one attached hydrogen (secondary N) is 1. The average molecular weight is 247 g/mol. The molecule has 2 rings (SSSR count). The summed E-state index contributed by atoms with van der Waals surface area (Å²) < 4.78 is 0. The molecule has 0 radical (unpaired) electrons. The molecule has 90 valence electrons. The molecule has 0 aliphatic rings. The smallest absolute Gasteiger partial charge is 0.134 e. The first-order chi connectivity index (χ1) is 8.13. The molecule has 17 heavy (non-hydrogen) atoms. The van der Waals surface area contributed by atoms with E-state index in [0.717, 1.165) is 22.9 Å². The van der Waals surface area contributed by atoms with Gasteiger partial charge in [0.25, 0.3) is 0 Å². The predicted octanol–water partition coefficient (Wildman–Crippen LogP) is 3.68. The summed E-state index contributed by atoms with van der Waals surface area (Å²) in [5, 5.41) is 5.22. The first kappa shape index (κ1) is 12.0. The second-order valence-corrected chi connectivity index (χ2v) is 5.23. The van der Waals surface area contributed by atoms with Gasteiger partial charge >= 0.3 is 0 Å². The van der Waals surface area contributed by atoms with Crippen LogP contribution in [0.4, 0.5) is 5.82 Å². The lowest BCUT2D eigenvalue weighted by atomic mass is 10.1. The van der Waals surface area contributed by atoms with Crippen LogP contribution in [0.25, 0.3) is 10.6 Å². The summed E-state index contributed by atoms with van der Waals surface area (Å²) in [5.74, 6) is 2.15. The highest BCUT2D eigenvalue weighted by Gasteiger charge is 2.14. The second kappa shape index (κ2) is 4.84. The lowest BCUT2D eigenvalue weighted by molar-refractivity contribution is 0.775. The topological polar surface area (TPSA) is 37.8 Å². The molecule has 0 aliphatic heterocycles. The zero-order chi connectivity index (χ0) is 12.4. The second-order valence-electron chi connectivity index (χ2n) is 4.29. The van der Waals surface area contributed by atoms with Gasteiger partial charge in [0.2, 0.25) is 0 Å². The van der Waals surface area contributed by atoms with Crippen LogP contribution >= 0.6 is 11.3 Å². The lowest BCUT2D eigenvalue weighted by Crippen LogP contribution is -2.06. The molecule has 2 aromatic rings. The SMILES string of the molecule is CNc1nc(C(C)C)nc(-c2cccs2)c1C. The summed E-state index contributed by atoms with van der Waals surface area (Å²) in [5.41, 5.74) is 2.16. The van der Waals surface area contributed by atoms with Crippen molar-refractivity contribution in [3.8, 4) is 10.6 Å². The Morgan fingerprint density at radius 1 is 1.29 bits per heavy atom. The summed E-state index contributed by atoms with van der Waals surface area (Å²) in [4.78, 5) is 10.4. The van der Waals surface area contributed by atoms with Crippen LogP contribution in [-0.2, 0) is 0 Å². The Morgan fingerprint density at radius 2 is 2.06 bits per heavy atom. The van der Waals surface area contributed by atoms with Crippen molar-refractivity contribution < 1.29 is 0 Å². The van der Waals surface area contributed by atoms with Crippen LogP contribution in [0.2, 0.25) is 0 Å². The summed E-state index contributed by atoms with van der Waals surface area (Å²) in [6.07, 6.45) is 0. The highest BCUT2D eigenvalue weighted by Crippen LogP contribution is 2.30. The van der Waals surface area contributed by atoms with E-state index < -0.39 is 0 Å². The van der Waals surface area contributed by atoms with Crippen molar-refractivity contribution in [3.05, 3.63) is 28.9 Å². The molecule has 0 spiro atoms. The van der Waals surface area contributed by atoms with E-state index in [-0.39, 0.29) is 0 Å². The van der Waals surface area contributed by atoms with E-state index in [2.05, 4.69) is 53.6 Å². The van der Waals surface area contributed by atoms with Gasteiger partial charge in [0, 0.05) is 18.5 Å². The molecule has 4 heteroatoms. The molecule has 0 unspecified atom stereocenters. The molecule has 0 amide bonds. The molecule has 0 atom stereocenters. The van der Waals surface area contributed by atoms with Crippen molar-refractivity contribution in [3.63, 3.8) is 0 Å². The largest absolute Gasteiger partial charge is 0.373 e. The van der Waals surface area contributed by atoms with Crippen molar-refractivity contribution >= 4 is 17.2 Å². The van der Waals surface area contributed by atoms with Gasteiger partial charge in [-0.1, -0.05) is 19.9 Å². The molecule has 2 heterocycles. The molecule has 0 bridgehead atoms. The van der Waals surface area contributed by atoms with Crippen molar-refractivity contribution in [2.75, 3.05) is 12.4 Å². The molecule has 0 saturated carbocycles. The van der Waals surface area contributed by atoms with Crippen molar-refractivity contribution in [1.82, 2.24) is 9.97 Å². The van der Waals surface area contributed by atoms with E-state index >= 15 is 0 Å². The number of thiophene rings is 1. The van der Waals surface area contributed by atoms with E-state index in [4.69, 9.17) is 0 Å². The molecule has 0 saturated heterocycles. The van der Waals surface area contributed by atoms with Gasteiger partial charge in [-0.3, -0.25) is 0 Å². The van der Waals surface area contributed by atoms with E-state index in [1.54, 1.807) is 11.3 Å². The summed E-state index contributed by atoms with van der Waals surface area (Å²) in [6, 6.07) is 4.15. The molecular formula is C13H17N3S. The fourth-order valence-corrected chi connectivity index (χ4v) is 2.46. The van der Waals surface area contributed by atoms with Crippen molar-refractivity contribution in [2.45, 2.75) is 26.7 Å². The Labute approximate surface area is 106 Å². The van der Waals surface area contributed by atoms with Crippen LogP contribution in [0.5, 0.6) is 0 Å². The Bertz CT molecular complexity index is 504. The quantitative estimate of drug-likeness (QED) is 0.899. The van der Waals surface area contributed by atoms with Crippen LogP contribution in [0.1, 0.15) is 31.2 Å². The number of rotatable bonds is 3. The van der Waals surface area contributed by atoms with Crippen molar-refractivity contribution in [2.24, 2.45) is 0 Å². The Kier molecular flexibility index (Phi) is 3.43. The van der Waals surface area contributed by atoms with Gasteiger partial charge in [-0.25, -0.2) is 9.97 Å². The van der Waals surface area contributed by atoms with Gasteiger partial charge in [0.05, 0.1) is 10.6 Å². The Balaban J connectivity index is 2.61. The molecule has 2 aromatic heterocycles. The van der Waals surface area contributed by atoms with Gasteiger partial charge < -0.3 is 5.32 Å². The minimum Gasteiger partial charge on any atom is -0.373 e. The maximum Gasteiger partial charge on any atom is 0.134 e. The lowest BCUT2D eigenvalue weighted by Gasteiger charge is -2.12. The third-order valence-corrected chi connectivity index (χ3v) is 3.55. The maximum atomic E-state index is 4.68. The maximum absolute atomic E-state index is 4.68. The third kappa shape index (κ3) is 2.31. The first-order valence-electron chi connectivity index (χ1n) is 5.73. The molecule has 0 fully saturated rings. The van der Waals surface area contributed by atoms with Gasteiger partial charge in [-0.15, -0.1) is 11.3 Å². The number of anilines is 1. The van der Waals surface area contributed by atoms with E-state index in [0.29, 0.717) is 5.92 Å². The highest BCUT2D eigenvalue weighted by molar-refractivity contribution is 7.13. The molecular weight excluding hydrogens is 230 g/mol. The summed E-state index contributed by atoms with van der Waals surface area (Å²) in [6.45, 7) is 6.29. The van der Waals surface area contributed by atoms with Gasteiger partial charge in [0.1, 0.15) is 11.6 Å². The fraction of sp³-hybridized carbons (Fsp3) is 0.385. The highest BCUT2D eigenvalue weighted by atomic mass is 32.1. The van der Waals surface area contributed by atoms with Crippen LogP contribution in [-0.4, -0.2) is 17.0 Å². The number of nitrogens with zero attached hydrogens (tertiary/aromatic N) is 2. The first-order valence-corrected chi connectivity index (χ1v) is 6.61. The van der Waals surface area contributed by atoms with E-state index in [9.17, 15) is 0 Å². The molecule has 3 nitrogen and oxygen atoms in total. The van der Waals surface area contributed by atoms with E-state index in [1.165, 1.54) is 4.88 Å². The monoisotopic (exact) mass is 247 g/mol. The summed E-state index contributed by atoms with van der Waals surface area (Å²) >= 11 is 1.71. The van der Waals surface area contributed by atoms with Crippen LogP contribution in [0.15, 0.2) is 17.5 Å². The zero-order valence-corrected chi connectivity index (χ0v) is 11.4. The van der Waals surface area contributed by atoms with Gasteiger partial charge in [-0.05, 0) is 18.4 Å². The molecule has 0 aromatic carbocycles. The van der Waals surface area contributed by atoms with Crippen LogP contribution in [0, 0.1) is 6.92 Å². The molecule has 1 N–H and O–H groups in total. The standard InChI is InChI=1S/C13H17N3S/c1-8(2)12-15-11(10-6-5-7-17-10)9(3)13(14-4)16-12/h5-8H,1-4H3,(H,14,15,16). The minimum absolute atomic E-state index is 0.335. The number of hydrogen-bond donors (Lipinski definition) is 1. The van der Waals surface area contributed by atoms with Crippen LogP contribution < -0.4 is 5.32 Å². The summed E-state index contributed by atoms with van der Waals surface area (Å²) in [7, 11) is 1.90. The Hall–Kier alpha value is -1.42. The number of aromatic nitrogens is 2. The third-order valence-electron chi connectivity index (χ3n) is 2.67. The van der Waals surface area contributed by atoms with Crippen LogP contribution in [0.3, 0.4) is 0 Å². The van der Waals surface area contributed by atoms with Gasteiger partial charge in [-0.2, -0.15) is 0 Å². The Morgan fingerprint density at radius 3 is 2.59 bits per heavy atom. The van der Waals surface area contributed by atoms with E-state index in [1.807, 2.05) is 7.05 Å². The minimum atomic E-state index is 0.335. The van der Waals surface area contributed by atoms with Gasteiger partial charge in [0.15, 0.2) is 0 Å². The molecule has 0 aliphatic carbocycles. The zero-order valence-electron chi connectivity index (χ0n) is 10.6. The number of hydrogen-bond acceptors (Lipinski definition) is 4. The van der Waals surface area contributed by atoms with Crippen molar-refractivity contribution in [1.29, 1.82) is 0 Å². The predicted molar refractivity (Wildman–Crippen MR) is 73.7 cm³/mol. The normalized spacial score (nSPS) is 10.9. The fourth-order valence-electron chi connectivity index (χ4n) is 1.69.